The number of hydrogen-bond acceptors (Lipinski definition) is 4. The summed E-state index contributed by atoms with van der Waals surface area (Å²) in [4.78, 5) is 24.6. The van der Waals surface area contributed by atoms with E-state index in [1.165, 1.54) is 12.8 Å². The Kier molecular flexibility index (Phi) is 4.42. The monoisotopic (exact) mass is 340 g/mol. The summed E-state index contributed by atoms with van der Waals surface area (Å²) in [6, 6.07) is 3.70. The van der Waals surface area contributed by atoms with Gasteiger partial charge in [-0.2, -0.15) is 0 Å². The zero-order valence-electron chi connectivity index (χ0n) is 14.5. The van der Waals surface area contributed by atoms with Crippen LogP contribution in [0.2, 0.25) is 0 Å². The fraction of sp³-hybridized carbons (Fsp3) is 0.526. The molecule has 2 heterocycles. The van der Waals surface area contributed by atoms with E-state index in [0.29, 0.717) is 12.0 Å². The number of nitrogens with one attached hydrogen (secondary N) is 2. The number of ether oxygens (including phenoxy) is 1. The van der Waals surface area contributed by atoms with Crippen molar-refractivity contribution in [3.05, 3.63) is 35.5 Å². The number of rotatable bonds is 4. The summed E-state index contributed by atoms with van der Waals surface area (Å²) in [5, 5.41) is 2.98. The summed E-state index contributed by atoms with van der Waals surface area (Å²) < 4.78 is 5.86. The van der Waals surface area contributed by atoms with Gasteiger partial charge in [0.05, 0.1) is 17.6 Å². The third-order valence-corrected chi connectivity index (χ3v) is 5.13. The van der Waals surface area contributed by atoms with E-state index < -0.39 is 0 Å². The summed E-state index contributed by atoms with van der Waals surface area (Å²) in [5.74, 6) is 1.58. The molecule has 0 radical (unpaired) electrons. The number of imidazole rings is 1. The number of nitrogens with zero attached hydrogens (tertiary/aromatic N) is 2. The van der Waals surface area contributed by atoms with Crippen molar-refractivity contribution in [2.24, 2.45) is 5.92 Å². The average molecular weight is 340 g/mol. The van der Waals surface area contributed by atoms with E-state index in [2.05, 4.69) is 20.3 Å². The number of carbonyl (C=O) groups excluding carboxylic acids is 1. The molecule has 0 bridgehead atoms. The lowest BCUT2D eigenvalue weighted by atomic mass is 9.89. The van der Waals surface area contributed by atoms with Crippen LogP contribution in [0.15, 0.2) is 18.3 Å². The van der Waals surface area contributed by atoms with Crippen LogP contribution in [0.3, 0.4) is 0 Å². The van der Waals surface area contributed by atoms with Crippen LogP contribution in [-0.4, -0.2) is 27.0 Å². The molecule has 1 fully saturated rings. The van der Waals surface area contributed by atoms with E-state index in [0.717, 1.165) is 55.0 Å². The van der Waals surface area contributed by atoms with Gasteiger partial charge in [0.2, 0.25) is 11.8 Å². The Bertz CT molecular complexity index is 747. The van der Waals surface area contributed by atoms with E-state index >= 15 is 0 Å². The molecule has 6 heteroatoms. The smallest absolute Gasteiger partial charge is 0.227 e. The first-order chi connectivity index (χ1) is 12.2. The normalized spacial score (nSPS) is 20.3. The third kappa shape index (κ3) is 3.67. The molecule has 1 amide bonds. The Hall–Kier alpha value is -2.37. The number of anilines is 1. The van der Waals surface area contributed by atoms with Crippen LogP contribution in [0, 0.1) is 12.8 Å². The molecular formula is C19H24N4O2. The van der Waals surface area contributed by atoms with Gasteiger partial charge >= 0.3 is 0 Å². The van der Waals surface area contributed by atoms with Gasteiger partial charge in [-0.25, -0.2) is 9.97 Å². The molecule has 2 aliphatic rings. The predicted molar refractivity (Wildman–Crippen MR) is 94.6 cm³/mol. The molecule has 0 aromatic carbocycles. The summed E-state index contributed by atoms with van der Waals surface area (Å²) in [6.07, 6.45) is 9.06. The van der Waals surface area contributed by atoms with E-state index in [9.17, 15) is 4.79 Å². The first-order valence-electron chi connectivity index (χ1n) is 9.15. The van der Waals surface area contributed by atoms with Crippen molar-refractivity contribution in [2.75, 3.05) is 5.32 Å². The highest BCUT2D eigenvalue weighted by molar-refractivity contribution is 5.92. The molecule has 2 aromatic rings. The Balaban J connectivity index is 1.34. The highest BCUT2D eigenvalue weighted by Gasteiger charge is 2.27. The molecular weight excluding hydrogens is 316 g/mol. The highest BCUT2D eigenvalue weighted by Crippen LogP contribution is 2.26. The maximum absolute atomic E-state index is 12.5. The van der Waals surface area contributed by atoms with Crippen molar-refractivity contribution in [3.8, 4) is 5.88 Å². The molecule has 0 aliphatic heterocycles. The minimum Gasteiger partial charge on any atom is -0.474 e. The molecule has 25 heavy (non-hydrogen) atoms. The zero-order chi connectivity index (χ0) is 17.2. The molecule has 0 saturated heterocycles. The first-order valence-corrected chi connectivity index (χ1v) is 9.15. The Labute approximate surface area is 147 Å². The van der Waals surface area contributed by atoms with Gasteiger partial charge in [0.15, 0.2) is 0 Å². The average Bonchev–Trinajstić information content (AvgIpc) is 3.24. The third-order valence-electron chi connectivity index (χ3n) is 5.13. The minimum atomic E-state index is -0.0261. The number of H-pyrrole nitrogens is 1. The number of hydrogen-bond donors (Lipinski definition) is 2. The van der Waals surface area contributed by atoms with Crippen molar-refractivity contribution in [1.29, 1.82) is 0 Å². The van der Waals surface area contributed by atoms with Crippen LogP contribution >= 0.6 is 0 Å². The van der Waals surface area contributed by atoms with Gasteiger partial charge in [0.1, 0.15) is 11.9 Å². The number of fused-ring (bicyclic) bond motifs is 1. The summed E-state index contributed by atoms with van der Waals surface area (Å²) in [6.45, 7) is 1.95. The molecule has 6 nitrogen and oxygen atoms in total. The van der Waals surface area contributed by atoms with E-state index in [1.807, 2.05) is 19.1 Å². The second kappa shape index (κ2) is 6.86. The number of aromatic amines is 1. The molecule has 4 rings (SSSR count). The molecule has 132 valence electrons. The van der Waals surface area contributed by atoms with Crippen molar-refractivity contribution in [2.45, 2.75) is 58.0 Å². The second-order valence-corrected chi connectivity index (χ2v) is 7.09. The minimum absolute atomic E-state index is 0.0261. The van der Waals surface area contributed by atoms with Gasteiger partial charge in [-0.3, -0.25) is 4.79 Å². The van der Waals surface area contributed by atoms with Gasteiger partial charge in [-0.15, -0.1) is 0 Å². The standard InChI is InChI=1S/C19H24N4O2/c1-12-21-16-8-6-13(10-17(16)22-12)19(24)23-14-7-9-18(20-11-14)25-15-4-2-3-5-15/h7,9,11,13,15H,2-6,8,10H2,1H3,(H,21,22)(H,23,24)/t13-/m1/s1. The fourth-order valence-corrected chi connectivity index (χ4v) is 3.79. The van der Waals surface area contributed by atoms with Crippen LogP contribution in [0.25, 0.3) is 0 Å². The van der Waals surface area contributed by atoms with Crippen LogP contribution < -0.4 is 10.1 Å². The quantitative estimate of drug-likeness (QED) is 0.896. The summed E-state index contributed by atoms with van der Waals surface area (Å²) in [7, 11) is 0. The lowest BCUT2D eigenvalue weighted by Crippen LogP contribution is -2.28. The number of aromatic nitrogens is 3. The van der Waals surface area contributed by atoms with Crippen molar-refractivity contribution < 1.29 is 9.53 Å². The fourth-order valence-electron chi connectivity index (χ4n) is 3.79. The first kappa shape index (κ1) is 16.1. The van der Waals surface area contributed by atoms with Gasteiger partial charge in [0.25, 0.3) is 0 Å². The molecule has 2 N–H and O–H groups in total. The van der Waals surface area contributed by atoms with E-state index in [4.69, 9.17) is 4.74 Å². The van der Waals surface area contributed by atoms with Gasteiger partial charge < -0.3 is 15.0 Å². The van der Waals surface area contributed by atoms with Crippen molar-refractivity contribution >= 4 is 11.6 Å². The van der Waals surface area contributed by atoms with Gasteiger partial charge in [-0.1, -0.05) is 0 Å². The Morgan fingerprint density at radius 1 is 1.28 bits per heavy atom. The second-order valence-electron chi connectivity index (χ2n) is 7.09. The number of carbonyl (C=O) groups is 1. The van der Waals surface area contributed by atoms with Gasteiger partial charge in [-0.05, 0) is 51.5 Å². The predicted octanol–water partition coefficient (Wildman–Crippen LogP) is 3.18. The van der Waals surface area contributed by atoms with E-state index in [1.54, 1.807) is 6.20 Å². The molecule has 0 unspecified atom stereocenters. The van der Waals surface area contributed by atoms with Crippen molar-refractivity contribution in [1.82, 2.24) is 15.0 Å². The number of aryl methyl sites for hydroxylation is 2. The Morgan fingerprint density at radius 2 is 2.12 bits per heavy atom. The molecule has 0 spiro atoms. The molecule has 2 aliphatic carbocycles. The SMILES string of the molecule is Cc1nc2c([nH]1)C[C@H](C(=O)Nc1ccc(OC3CCCC3)nc1)CC2. The van der Waals surface area contributed by atoms with Crippen LogP contribution in [-0.2, 0) is 17.6 Å². The molecule has 1 saturated carbocycles. The zero-order valence-corrected chi connectivity index (χ0v) is 14.5. The van der Waals surface area contributed by atoms with Crippen LogP contribution in [0.1, 0.15) is 49.3 Å². The molecule has 2 aromatic heterocycles. The topological polar surface area (TPSA) is 79.9 Å². The maximum Gasteiger partial charge on any atom is 0.227 e. The number of pyridine rings is 1. The van der Waals surface area contributed by atoms with Gasteiger partial charge in [0, 0.05) is 24.1 Å². The largest absolute Gasteiger partial charge is 0.474 e. The lowest BCUT2D eigenvalue weighted by molar-refractivity contribution is -0.120. The van der Waals surface area contributed by atoms with E-state index in [-0.39, 0.29) is 11.8 Å². The van der Waals surface area contributed by atoms with Crippen LogP contribution in [0.5, 0.6) is 5.88 Å². The molecule has 1 atom stereocenters. The maximum atomic E-state index is 12.5. The highest BCUT2D eigenvalue weighted by atomic mass is 16.5. The van der Waals surface area contributed by atoms with Crippen LogP contribution in [0.4, 0.5) is 5.69 Å². The number of amides is 1. The summed E-state index contributed by atoms with van der Waals surface area (Å²) >= 11 is 0. The van der Waals surface area contributed by atoms with Crippen molar-refractivity contribution in [3.63, 3.8) is 0 Å². The lowest BCUT2D eigenvalue weighted by Gasteiger charge is -2.20. The Morgan fingerprint density at radius 3 is 2.88 bits per heavy atom. The summed E-state index contributed by atoms with van der Waals surface area (Å²) in [5.41, 5.74) is 2.93.